The second-order valence-corrected chi connectivity index (χ2v) is 5.84. The lowest BCUT2D eigenvalue weighted by Crippen LogP contribution is -2.16. The molecule has 0 amide bonds. The number of nitrogens with zero attached hydrogens (tertiary/aromatic N) is 4. The van der Waals surface area contributed by atoms with Gasteiger partial charge < -0.3 is 10.6 Å². The Kier molecular flexibility index (Phi) is 6.23. The molecule has 0 aliphatic rings. The number of rotatable bonds is 6. The molecule has 13 heteroatoms. The van der Waals surface area contributed by atoms with Crippen LogP contribution in [0.2, 0.25) is 5.02 Å². The van der Waals surface area contributed by atoms with Crippen LogP contribution in [0, 0.1) is 17.0 Å². The fraction of sp³-hybridized carbons (Fsp3) is 0.267. The van der Waals surface area contributed by atoms with Gasteiger partial charge in [-0.3, -0.25) is 14.8 Å². The molecule has 0 fully saturated rings. The van der Waals surface area contributed by atoms with Crippen LogP contribution in [0.5, 0.6) is 0 Å². The molecular weight excluding hydrogens is 407 g/mol. The van der Waals surface area contributed by atoms with E-state index in [9.17, 15) is 28.1 Å². The minimum Gasteiger partial charge on any atom is -0.380 e. The second kappa shape index (κ2) is 8.25. The maximum absolute atomic E-state index is 12.8. The van der Waals surface area contributed by atoms with Gasteiger partial charge >= 0.3 is 12.1 Å². The van der Waals surface area contributed by atoms with Crippen LogP contribution in [-0.4, -0.2) is 26.5 Å². The number of oxime groups is 1. The minimum absolute atomic E-state index is 0.0516. The predicted molar refractivity (Wildman–Crippen MR) is 91.5 cm³/mol. The number of aryl methyl sites for hydroxylation is 1. The van der Waals surface area contributed by atoms with Crippen LogP contribution in [0.3, 0.4) is 0 Å². The Labute approximate surface area is 160 Å². The standard InChI is InChI=1S/C15H13ClF3N5O4/c1-8-12(16)13(15(17,18)19)21-23(8)7-6-11(25)28-22-14(20)9-2-4-10(5-3-9)24(26)27/h2-5H,6-7H2,1H3,(H2,20,22). The Hall–Kier alpha value is -3.15. The molecule has 0 saturated heterocycles. The smallest absolute Gasteiger partial charge is 0.380 e. The van der Waals surface area contributed by atoms with Gasteiger partial charge in [-0.15, -0.1) is 0 Å². The SMILES string of the molecule is Cc1c(Cl)c(C(F)(F)F)nn1CCC(=O)O/N=C(\N)c1ccc([N+](=O)[O-])cc1. The predicted octanol–water partition coefficient (Wildman–Crippen LogP) is 3.03. The van der Waals surface area contributed by atoms with Gasteiger partial charge in [-0.05, 0) is 19.1 Å². The lowest BCUT2D eigenvalue weighted by Gasteiger charge is -2.04. The number of nitro benzene ring substituents is 1. The summed E-state index contributed by atoms with van der Waals surface area (Å²) in [5.74, 6) is -1.08. The molecule has 28 heavy (non-hydrogen) atoms. The highest BCUT2D eigenvalue weighted by molar-refractivity contribution is 6.31. The summed E-state index contributed by atoms with van der Waals surface area (Å²) in [7, 11) is 0. The number of alkyl halides is 3. The largest absolute Gasteiger partial charge is 0.436 e. The maximum atomic E-state index is 12.8. The summed E-state index contributed by atoms with van der Waals surface area (Å²) < 4.78 is 39.2. The van der Waals surface area contributed by atoms with Crippen molar-refractivity contribution in [2.24, 2.45) is 10.9 Å². The first-order chi connectivity index (χ1) is 13.0. The van der Waals surface area contributed by atoms with E-state index >= 15 is 0 Å². The van der Waals surface area contributed by atoms with Crippen LogP contribution in [0.25, 0.3) is 0 Å². The highest BCUT2D eigenvalue weighted by atomic mass is 35.5. The van der Waals surface area contributed by atoms with Crippen molar-refractivity contribution in [1.29, 1.82) is 0 Å². The third-order valence-electron chi connectivity index (χ3n) is 3.55. The van der Waals surface area contributed by atoms with E-state index in [1.807, 2.05) is 0 Å². The van der Waals surface area contributed by atoms with E-state index in [4.69, 9.17) is 17.3 Å². The van der Waals surface area contributed by atoms with E-state index in [1.54, 1.807) is 0 Å². The number of benzene rings is 1. The molecule has 0 saturated carbocycles. The molecule has 2 N–H and O–H groups in total. The summed E-state index contributed by atoms with van der Waals surface area (Å²) in [5.41, 5.74) is 4.56. The Morgan fingerprint density at radius 1 is 1.39 bits per heavy atom. The monoisotopic (exact) mass is 419 g/mol. The van der Waals surface area contributed by atoms with Gasteiger partial charge in [0, 0.05) is 17.7 Å². The molecule has 150 valence electrons. The number of carbonyl (C=O) groups is 1. The summed E-state index contributed by atoms with van der Waals surface area (Å²) in [6.07, 6.45) is -5.05. The van der Waals surface area contributed by atoms with Gasteiger partial charge in [0.05, 0.1) is 28.6 Å². The molecule has 2 aromatic rings. The van der Waals surface area contributed by atoms with Crippen molar-refractivity contribution in [1.82, 2.24) is 9.78 Å². The van der Waals surface area contributed by atoms with Crippen molar-refractivity contribution in [2.45, 2.75) is 26.1 Å². The Morgan fingerprint density at radius 3 is 2.50 bits per heavy atom. The number of aromatic nitrogens is 2. The van der Waals surface area contributed by atoms with Crippen LogP contribution in [-0.2, 0) is 22.4 Å². The van der Waals surface area contributed by atoms with Crippen LogP contribution < -0.4 is 5.73 Å². The number of halogens is 4. The van der Waals surface area contributed by atoms with Gasteiger partial charge in [0.2, 0.25) is 0 Å². The fourth-order valence-corrected chi connectivity index (χ4v) is 2.32. The Morgan fingerprint density at radius 2 is 2.00 bits per heavy atom. The number of non-ortho nitro benzene ring substituents is 1. The van der Waals surface area contributed by atoms with E-state index in [0.29, 0.717) is 0 Å². The third-order valence-corrected chi connectivity index (χ3v) is 4.00. The molecular formula is C15H13ClF3N5O4. The number of nitro groups is 1. The minimum atomic E-state index is -4.71. The number of hydrogen-bond acceptors (Lipinski definition) is 6. The van der Waals surface area contributed by atoms with E-state index in [1.165, 1.54) is 31.2 Å². The average Bonchev–Trinajstić information content (AvgIpc) is 2.93. The van der Waals surface area contributed by atoms with Gasteiger partial charge in [0.25, 0.3) is 5.69 Å². The number of hydrogen-bond donors (Lipinski definition) is 1. The van der Waals surface area contributed by atoms with Crippen molar-refractivity contribution < 1.29 is 27.7 Å². The quantitative estimate of drug-likeness (QED) is 0.252. The van der Waals surface area contributed by atoms with Crippen molar-refractivity contribution in [2.75, 3.05) is 0 Å². The first-order valence-corrected chi connectivity index (χ1v) is 7.96. The van der Waals surface area contributed by atoms with Gasteiger partial charge in [0.15, 0.2) is 11.5 Å². The lowest BCUT2D eigenvalue weighted by atomic mass is 10.2. The zero-order chi connectivity index (χ0) is 21.1. The first kappa shape index (κ1) is 21.2. The van der Waals surface area contributed by atoms with Crippen LogP contribution in [0.15, 0.2) is 29.4 Å². The highest BCUT2D eigenvalue weighted by Gasteiger charge is 2.38. The summed E-state index contributed by atoms with van der Waals surface area (Å²) in [4.78, 5) is 26.3. The van der Waals surface area contributed by atoms with E-state index < -0.39 is 27.8 Å². The van der Waals surface area contributed by atoms with Crippen LogP contribution in [0.4, 0.5) is 18.9 Å². The summed E-state index contributed by atoms with van der Waals surface area (Å²) in [6, 6.07) is 5.03. The summed E-state index contributed by atoms with van der Waals surface area (Å²) >= 11 is 5.62. The van der Waals surface area contributed by atoms with Crippen molar-refractivity contribution in [3.8, 4) is 0 Å². The van der Waals surface area contributed by atoms with Crippen LogP contribution in [0.1, 0.15) is 23.4 Å². The average molecular weight is 420 g/mol. The van der Waals surface area contributed by atoms with Gasteiger partial charge in [-0.25, -0.2) is 4.79 Å². The molecule has 0 aliphatic heterocycles. The molecule has 0 aliphatic carbocycles. The lowest BCUT2D eigenvalue weighted by molar-refractivity contribution is -0.384. The van der Waals surface area contributed by atoms with Crippen molar-refractivity contribution >= 4 is 29.1 Å². The number of amidine groups is 1. The molecule has 0 radical (unpaired) electrons. The Balaban J connectivity index is 1.97. The fourth-order valence-electron chi connectivity index (χ4n) is 2.07. The molecule has 0 unspecified atom stereocenters. The zero-order valence-electron chi connectivity index (χ0n) is 14.2. The van der Waals surface area contributed by atoms with Crippen molar-refractivity contribution in [3.05, 3.63) is 56.4 Å². The zero-order valence-corrected chi connectivity index (χ0v) is 15.0. The molecule has 2 rings (SSSR count). The Bertz CT molecular complexity index is 925. The molecule has 9 nitrogen and oxygen atoms in total. The number of nitrogens with two attached hydrogens (primary N) is 1. The van der Waals surface area contributed by atoms with E-state index in [2.05, 4.69) is 15.1 Å². The second-order valence-electron chi connectivity index (χ2n) is 5.46. The molecule has 0 spiro atoms. The normalized spacial score (nSPS) is 12.1. The molecule has 1 aromatic heterocycles. The summed E-state index contributed by atoms with van der Waals surface area (Å²) in [5, 5.41) is 16.8. The molecule has 0 bridgehead atoms. The maximum Gasteiger partial charge on any atom is 0.436 e. The molecule has 1 aromatic carbocycles. The summed E-state index contributed by atoms with van der Waals surface area (Å²) in [6.45, 7) is 1.12. The van der Waals surface area contributed by atoms with E-state index in [-0.39, 0.29) is 35.7 Å². The first-order valence-electron chi connectivity index (χ1n) is 7.59. The molecule has 1 heterocycles. The number of carbonyl (C=O) groups excluding carboxylic acids is 1. The molecule has 0 atom stereocenters. The third kappa shape index (κ3) is 4.97. The van der Waals surface area contributed by atoms with Crippen LogP contribution >= 0.6 is 11.6 Å². The van der Waals surface area contributed by atoms with Crippen molar-refractivity contribution in [3.63, 3.8) is 0 Å². The van der Waals surface area contributed by atoms with Gasteiger partial charge in [-0.1, -0.05) is 16.8 Å². The van der Waals surface area contributed by atoms with Gasteiger partial charge in [0.1, 0.15) is 0 Å². The highest BCUT2D eigenvalue weighted by Crippen LogP contribution is 2.35. The van der Waals surface area contributed by atoms with E-state index in [0.717, 1.165) is 4.68 Å². The van der Waals surface area contributed by atoms with Gasteiger partial charge in [-0.2, -0.15) is 18.3 Å². The topological polar surface area (TPSA) is 126 Å².